The number of benzene rings is 1. The lowest BCUT2D eigenvalue weighted by Gasteiger charge is -2.10. The first-order valence-electron chi connectivity index (χ1n) is 6.88. The van der Waals surface area contributed by atoms with Crippen molar-refractivity contribution in [3.63, 3.8) is 0 Å². The Hall–Kier alpha value is -2.47. The van der Waals surface area contributed by atoms with Gasteiger partial charge in [-0.1, -0.05) is 18.2 Å². The van der Waals surface area contributed by atoms with Crippen LogP contribution in [0.15, 0.2) is 42.9 Å². The summed E-state index contributed by atoms with van der Waals surface area (Å²) in [6.45, 7) is 3.37. The molecular formula is C15H18N6. The molecule has 0 unspecified atom stereocenters. The summed E-state index contributed by atoms with van der Waals surface area (Å²) in [5.74, 6) is 1.77. The molecule has 21 heavy (non-hydrogen) atoms. The zero-order valence-electron chi connectivity index (χ0n) is 12.2. The van der Waals surface area contributed by atoms with Gasteiger partial charge in [-0.3, -0.25) is 9.25 Å². The molecule has 6 nitrogen and oxygen atoms in total. The van der Waals surface area contributed by atoms with E-state index in [1.165, 1.54) is 0 Å². The van der Waals surface area contributed by atoms with Gasteiger partial charge in [0.05, 0.1) is 18.4 Å². The average molecular weight is 282 g/mol. The van der Waals surface area contributed by atoms with Crippen LogP contribution in [0, 0.1) is 6.92 Å². The third kappa shape index (κ3) is 3.00. The number of para-hydroxylation sites is 1. The Kier molecular flexibility index (Phi) is 3.79. The zero-order valence-corrected chi connectivity index (χ0v) is 12.2. The van der Waals surface area contributed by atoms with E-state index < -0.39 is 0 Å². The van der Waals surface area contributed by atoms with E-state index in [2.05, 4.69) is 37.1 Å². The van der Waals surface area contributed by atoms with Crippen molar-refractivity contribution >= 4 is 0 Å². The molecule has 2 aromatic heterocycles. The fourth-order valence-electron chi connectivity index (χ4n) is 2.31. The van der Waals surface area contributed by atoms with E-state index in [9.17, 15) is 0 Å². The number of aromatic nitrogens is 5. The number of nitrogens with zero attached hydrogens (tertiary/aromatic N) is 5. The maximum Gasteiger partial charge on any atom is 0.164 e. The van der Waals surface area contributed by atoms with Crippen molar-refractivity contribution in [3.05, 3.63) is 60.2 Å². The highest BCUT2D eigenvalue weighted by molar-refractivity contribution is 5.35. The summed E-state index contributed by atoms with van der Waals surface area (Å²) in [6.07, 6.45) is 3.61. The lowest BCUT2D eigenvalue weighted by atomic mass is 10.3. The number of rotatable bonds is 5. The fraction of sp³-hybridized carbons (Fsp3) is 0.267. The molecule has 0 aliphatic carbocycles. The summed E-state index contributed by atoms with van der Waals surface area (Å²) in [7, 11) is 1.87. The molecule has 0 amide bonds. The van der Waals surface area contributed by atoms with Crippen LogP contribution in [0.3, 0.4) is 0 Å². The van der Waals surface area contributed by atoms with Crippen LogP contribution >= 0.6 is 0 Å². The molecular weight excluding hydrogens is 264 g/mol. The number of aryl methyl sites for hydroxylation is 2. The third-order valence-electron chi connectivity index (χ3n) is 3.26. The van der Waals surface area contributed by atoms with Gasteiger partial charge in [0.25, 0.3) is 0 Å². The first-order chi connectivity index (χ1) is 10.2. The first-order valence-corrected chi connectivity index (χ1v) is 6.88. The van der Waals surface area contributed by atoms with Crippen LogP contribution < -0.4 is 5.32 Å². The molecule has 1 N–H and O–H groups in total. The van der Waals surface area contributed by atoms with E-state index in [0.717, 1.165) is 23.0 Å². The molecule has 3 aromatic rings. The van der Waals surface area contributed by atoms with Crippen molar-refractivity contribution in [2.24, 2.45) is 7.05 Å². The Labute approximate surface area is 123 Å². The minimum atomic E-state index is 0.639. The molecule has 108 valence electrons. The second-order valence-electron chi connectivity index (χ2n) is 4.91. The van der Waals surface area contributed by atoms with Gasteiger partial charge in [0.1, 0.15) is 12.2 Å². The molecule has 0 bridgehead atoms. The SMILES string of the molecule is Cc1ncc(CNCc2ncn(C)n2)n1-c1ccccc1. The van der Waals surface area contributed by atoms with Gasteiger partial charge in [-0.15, -0.1) is 0 Å². The molecule has 0 aliphatic heterocycles. The van der Waals surface area contributed by atoms with E-state index in [1.807, 2.05) is 38.4 Å². The molecule has 0 aliphatic rings. The van der Waals surface area contributed by atoms with Crippen molar-refractivity contribution < 1.29 is 0 Å². The smallest absolute Gasteiger partial charge is 0.164 e. The first kappa shape index (κ1) is 13.5. The Morgan fingerprint density at radius 1 is 1.10 bits per heavy atom. The van der Waals surface area contributed by atoms with Crippen LogP contribution in [0.25, 0.3) is 5.69 Å². The van der Waals surface area contributed by atoms with Crippen LogP contribution in [0.5, 0.6) is 0 Å². The third-order valence-corrected chi connectivity index (χ3v) is 3.26. The number of nitrogens with one attached hydrogen (secondary N) is 1. The lowest BCUT2D eigenvalue weighted by molar-refractivity contribution is 0.633. The maximum absolute atomic E-state index is 4.41. The topological polar surface area (TPSA) is 60.6 Å². The molecule has 3 rings (SSSR count). The molecule has 0 radical (unpaired) electrons. The van der Waals surface area contributed by atoms with E-state index in [4.69, 9.17) is 0 Å². The molecule has 0 saturated heterocycles. The summed E-state index contributed by atoms with van der Waals surface area (Å²) in [5, 5.41) is 7.60. The van der Waals surface area contributed by atoms with Gasteiger partial charge in [0.2, 0.25) is 0 Å². The average Bonchev–Trinajstić information content (AvgIpc) is 3.06. The number of hydrogen-bond acceptors (Lipinski definition) is 4. The summed E-state index contributed by atoms with van der Waals surface area (Å²) in [4.78, 5) is 8.61. The normalized spacial score (nSPS) is 11.0. The highest BCUT2D eigenvalue weighted by Gasteiger charge is 2.08. The second kappa shape index (κ2) is 5.88. The summed E-state index contributed by atoms with van der Waals surface area (Å²) in [6, 6.07) is 10.2. The van der Waals surface area contributed by atoms with E-state index in [-0.39, 0.29) is 0 Å². The monoisotopic (exact) mass is 282 g/mol. The highest BCUT2D eigenvalue weighted by atomic mass is 15.3. The van der Waals surface area contributed by atoms with Gasteiger partial charge in [0.15, 0.2) is 5.82 Å². The highest BCUT2D eigenvalue weighted by Crippen LogP contribution is 2.14. The van der Waals surface area contributed by atoms with Gasteiger partial charge in [-0.25, -0.2) is 9.97 Å². The van der Waals surface area contributed by atoms with Crippen LogP contribution in [0.1, 0.15) is 17.3 Å². The van der Waals surface area contributed by atoms with Gasteiger partial charge >= 0.3 is 0 Å². The predicted octanol–water partition coefficient (Wildman–Crippen LogP) is 1.60. The molecule has 0 spiro atoms. The van der Waals surface area contributed by atoms with Gasteiger partial charge < -0.3 is 5.32 Å². The van der Waals surface area contributed by atoms with E-state index >= 15 is 0 Å². The predicted molar refractivity (Wildman–Crippen MR) is 79.8 cm³/mol. The van der Waals surface area contributed by atoms with Gasteiger partial charge in [0, 0.05) is 19.3 Å². The minimum Gasteiger partial charge on any atom is -0.304 e. The summed E-state index contributed by atoms with van der Waals surface area (Å²) >= 11 is 0. The summed E-state index contributed by atoms with van der Waals surface area (Å²) in [5.41, 5.74) is 2.25. The second-order valence-corrected chi connectivity index (χ2v) is 4.91. The van der Waals surface area contributed by atoms with Gasteiger partial charge in [-0.05, 0) is 19.1 Å². The molecule has 0 saturated carbocycles. The Balaban J connectivity index is 1.72. The van der Waals surface area contributed by atoms with Crippen LogP contribution in [0.2, 0.25) is 0 Å². The maximum atomic E-state index is 4.41. The van der Waals surface area contributed by atoms with Gasteiger partial charge in [-0.2, -0.15) is 5.10 Å². The van der Waals surface area contributed by atoms with Crippen LogP contribution in [0.4, 0.5) is 0 Å². The van der Waals surface area contributed by atoms with Crippen molar-refractivity contribution in [2.75, 3.05) is 0 Å². The van der Waals surface area contributed by atoms with E-state index in [0.29, 0.717) is 13.1 Å². The van der Waals surface area contributed by atoms with Crippen molar-refractivity contribution in [3.8, 4) is 5.69 Å². The minimum absolute atomic E-state index is 0.639. The Morgan fingerprint density at radius 2 is 1.90 bits per heavy atom. The lowest BCUT2D eigenvalue weighted by Crippen LogP contribution is -2.16. The zero-order chi connectivity index (χ0) is 14.7. The standard InChI is InChI=1S/C15H18N6/c1-12-17-9-14(21(12)13-6-4-3-5-7-13)8-16-10-15-18-11-20(2)19-15/h3-7,9,11,16H,8,10H2,1-2H3. The molecule has 1 aromatic carbocycles. The Morgan fingerprint density at radius 3 is 2.62 bits per heavy atom. The molecule has 0 atom stereocenters. The Bertz CT molecular complexity index is 713. The molecule has 0 fully saturated rings. The quantitative estimate of drug-likeness (QED) is 0.772. The van der Waals surface area contributed by atoms with Crippen molar-refractivity contribution in [1.82, 2.24) is 29.6 Å². The summed E-state index contributed by atoms with van der Waals surface area (Å²) < 4.78 is 3.86. The van der Waals surface area contributed by atoms with Crippen molar-refractivity contribution in [1.29, 1.82) is 0 Å². The number of imidazole rings is 1. The van der Waals surface area contributed by atoms with Crippen molar-refractivity contribution in [2.45, 2.75) is 20.0 Å². The van der Waals surface area contributed by atoms with E-state index in [1.54, 1.807) is 11.0 Å². The number of hydrogen-bond donors (Lipinski definition) is 1. The molecule has 6 heteroatoms. The molecule has 2 heterocycles. The largest absolute Gasteiger partial charge is 0.304 e. The van der Waals surface area contributed by atoms with Crippen LogP contribution in [-0.4, -0.2) is 24.3 Å². The van der Waals surface area contributed by atoms with Crippen LogP contribution in [-0.2, 0) is 20.1 Å². The fourth-order valence-corrected chi connectivity index (χ4v) is 2.31.